The molecule has 106 valence electrons. The van der Waals surface area contributed by atoms with Crippen LogP contribution in [0.1, 0.15) is 25.8 Å². The van der Waals surface area contributed by atoms with Crippen molar-refractivity contribution in [3.05, 3.63) is 23.8 Å². The lowest BCUT2D eigenvalue weighted by Crippen LogP contribution is -2.41. The Morgan fingerprint density at radius 1 is 1.21 bits per heavy atom. The lowest BCUT2D eigenvalue weighted by Gasteiger charge is -2.35. The van der Waals surface area contributed by atoms with Crippen molar-refractivity contribution in [2.75, 3.05) is 26.9 Å². The molecule has 1 aliphatic rings. The van der Waals surface area contributed by atoms with Crippen LogP contribution in [0, 0.1) is 0 Å². The molecule has 1 aliphatic heterocycles. The predicted octanol–water partition coefficient (Wildman–Crippen LogP) is 2.05. The third-order valence-electron chi connectivity index (χ3n) is 3.78. The van der Waals surface area contributed by atoms with Gasteiger partial charge in [-0.2, -0.15) is 0 Å². The number of aliphatic hydroxyl groups is 1. The average Bonchev–Trinajstić information content (AvgIpc) is 2.38. The minimum Gasteiger partial charge on any atom is -0.486 e. The lowest BCUT2D eigenvalue weighted by molar-refractivity contribution is 0.109. The van der Waals surface area contributed by atoms with E-state index in [1.807, 2.05) is 12.1 Å². The van der Waals surface area contributed by atoms with Crippen molar-refractivity contribution in [3.8, 4) is 11.5 Å². The summed E-state index contributed by atoms with van der Waals surface area (Å²) in [6, 6.07) is 6.08. The van der Waals surface area contributed by atoms with Crippen LogP contribution in [0.4, 0.5) is 0 Å². The van der Waals surface area contributed by atoms with Crippen molar-refractivity contribution < 1.29 is 14.6 Å². The van der Waals surface area contributed by atoms with Gasteiger partial charge in [0.15, 0.2) is 11.5 Å². The van der Waals surface area contributed by atoms with Gasteiger partial charge in [-0.15, -0.1) is 0 Å². The molecular weight excluding hydrogens is 242 g/mol. The number of hydrogen-bond acceptors (Lipinski definition) is 4. The molecular formula is C15H23NO3. The van der Waals surface area contributed by atoms with Gasteiger partial charge in [0.1, 0.15) is 13.2 Å². The van der Waals surface area contributed by atoms with Gasteiger partial charge in [0.05, 0.1) is 0 Å². The smallest absolute Gasteiger partial charge is 0.161 e. The van der Waals surface area contributed by atoms with Gasteiger partial charge in [-0.1, -0.05) is 6.07 Å². The lowest BCUT2D eigenvalue weighted by atomic mass is 9.98. The molecule has 0 bridgehead atoms. The van der Waals surface area contributed by atoms with Gasteiger partial charge in [0.2, 0.25) is 0 Å². The van der Waals surface area contributed by atoms with E-state index in [9.17, 15) is 0 Å². The van der Waals surface area contributed by atoms with Crippen LogP contribution in [0.25, 0.3) is 0 Å². The number of rotatable bonds is 5. The molecule has 0 saturated carbocycles. The first-order valence-electron chi connectivity index (χ1n) is 6.73. The van der Waals surface area contributed by atoms with E-state index in [4.69, 9.17) is 14.6 Å². The van der Waals surface area contributed by atoms with Gasteiger partial charge in [0.25, 0.3) is 0 Å². The minimum absolute atomic E-state index is 0.0258. The Labute approximate surface area is 114 Å². The van der Waals surface area contributed by atoms with Crippen LogP contribution in [0.15, 0.2) is 18.2 Å². The van der Waals surface area contributed by atoms with Crippen LogP contribution >= 0.6 is 0 Å². The first-order valence-corrected chi connectivity index (χ1v) is 6.73. The average molecular weight is 265 g/mol. The molecule has 0 aromatic heterocycles. The highest BCUT2D eigenvalue weighted by Gasteiger charge is 2.23. The van der Waals surface area contributed by atoms with E-state index in [2.05, 4.69) is 31.9 Å². The molecule has 1 N–H and O–H groups in total. The third-order valence-corrected chi connectivity index (χ3v) is 3.78. The van der Waals surface area contributed by atoms with E-state index in [0.29, 0.717) is 13.2 Å². The van der Waals surface area contributed by atoms with Gasteiger partial charge in [-0.3, -0.25) is 4.90 Å². The van der Waals surface area contributed by atoms with Gasteiger partial charge in [-0.25, -0.2) is 0 Å². The summed E-state index contributed by atoms with van der Waals surface area (Å²) in [5.41, 5.74) is 1.17. The Morgan fingerprint density at radius 3 is 2.58 bits per heavy atom. The Morgan fingerprint density at radius 2 is 1.89 bits per heavy atom. The van der Waals surface area contributed by atoms with Crippen molar-refractivity contribution in [3.63, 3.8) is 0 Å². The number of benzene rings is 1. The quantitative estimate of drug-likeness (QED) is 0.885. The molecule has 2 rings (SSSR count). The van der Waals surface area contributed by atoms with E-state index in [-0.39, 0.29) is 12.1 Å². The highest BCUT2D eigenvalue weighted by atomic mass is 16.6. The zero-order chi connectivity index (χ0) is 13.9. The summed E-state index contributed by atoms with van der Waals surface area (Å²) in [6.45, 7) is 6.54. The Hall–Kier alpha value is -1.26. The molecule has 0 spiro atoms. The van der Waals surface area contributed by atoms with E-state index in [0.717, 1.165) is 24.5 Å². The van der Waals surface area contributed by atoms with Gasteiger partial charge in [-0.05, 0) is 45.0 Å². The first kappa shape index (κ1) is 14.2. The molecule has 0 atom stereocenters. The SMILES string of the molecule is CN(Cc1ccc2c(c1)OCCO2)C(C)(C)CCO. The zero-order valence-corrected chi connectivity index (χ0v) is 12.0. The van der Waals surface area contributed by atoms with Crippen LogP contribution in [0.5, 0.6) is 11.5 Å². The zero-order valence-electron chi connectivity index (χ0n) is 12.0. The van der Waals surface area contributed by atoms with E-state index >= 15 is 0 Å². The maximum Gasteiger partial charge on any atom is 0.161 e. The molecule has 0 unspecified atom stereocenters. The van der Waals surface area contributed by atoms with E-state index < -0.39 is 0 Å². The summed E-state index contributed by atoms with van der Waals surface area (Å²) >= 11 is 0. The first-order chi connectivity index (χ1) is 9.03. The molecule has 4 heteroatoms. The van der Waals surface area contributed by atoms with Crippen molar-refractivity contribution in [2.45, 2.75) is 32.4 Å². The van der Waals surface area contributed by atoms with Crippen molar-refractivity contribution in [1.82, 2.24) is 4.90 Å². The molecule has 1 aromatic carbocycles. The van der Waals surface area contributed by atoms with Gasteiger partial charge in [0, 0.05) is 18.7 Å². The van der Waals surface area contributed by atoms with Crippen LogP contribution in [-0.2, 0) is 6.54 Å². The van der Waals surface area contributed by atoms with Crippen LogP contribution in [-0.4, -0.2) is 42.4 Å². The molecule has 19 heavy (non-hydrogen) atoms. The van der Waals surface area contributed by atoms with Crippen molar-refractivity contribution >= 4 is 0 Å². The largest absolute Gasteiger partial charge is 0.486 e. The molecule has 0 radical (unpaired) electrons. The second kappa shape index (κ2) is 5.80. The number of aliphatic hydroxyl groups excluding tert-OH is 1. The van der Waals surface area contributed by atoms with Crippen LogP contribution in [0.3, 0.4) is 0 Å². The fourth-order valence-corrected chi connectivity index (χ4v) is 2.14. The standard InChI is InChI=1S/C15H23NO3/c1-15(2,6-7-17)16(3)11-12-4-5-13-14(10-12)19-9-8-18-13/h4-5,10,17H,6-9,11H2,1-3H3. The summed E-state index contributed by atoms with van der Waals surface area (Å²) in [4.78, 5) is 2.24. The van der Waals surface area contributed by atoms with E-state index in [1.54, 1.807) is 0 Å². The fraction of sp³-hybridized carbons (Fsp3) is 0.600. The summed E-state index contributed by atoms with van der Waals surface area (Å²) in [7, 11) is 2.08. The summed E-state index contributed by atoms with van der Waals surface area (Å²) in [5, 5.41) is 9.11. The summed E-state index contributed by atoms with van der Waals surface area (Å²) in [5.74, 6) is 1.66. The number of nitrogens with zero attached hydrogens (tertiary/aromatic N) is 1. The van der Waals surface area contributed by atoms with Crippen molar-refractivity contribution in [1.29, 1.82) is 0 Å². The number of fused-ring (bicyclic) bond motifs is 1. The normalized spacial score (nSPS) is 14.8. The van der Waals surface area contributed by atoms with Gasteiger partial charge < -0.3 is 14.6 Å². The van der Waals surface area contributed by atoms with E-state index in [1.165, 1.54) is 5.56 Å². The van der Waals surface area contributed by atoms with Crippen LogP contribution in [0.2, 0.25) is 0 Å². The Kier molecular flexibility index (Phi) is 4.32. The molecule has 1 aromatic rings. The molecule has 0 amide bonds. The molecule has 4 nitrogen and oxygen atoms in total. The maximum absolute atomic E-state index is 9.11. The molecule has 0 aliphatic carbocycles. The van der Waals surface area contributed by atoms with Gasteiger partial charge >= 0.3 is 0 Å². The topological polar surface area (TPSA) is 41.9 Å². The number of hydrogen-bond donors (Lipinski definition) is 1. The second-order valence-corrected chi connectivity index (χ2v) is 5.62. The Balaban J connectivity index is 2.07. The summed E-state index contributed by atoms with van der Waals surface area (Å²) < 4.78 is 11.1. The third kappa shape index (κ3) is 3.39. The highest BCUT2D eigenvalue weighted by molar-refractivity contribution is 5.43. The molecule has 0 fully saturated rings. The monoisotopic (exact) mass is 265 g/mol. The minimum atomic E-state index is -0.0258. The van der Waals surface area contributed by atoms with Crippen LogP contribution < -0.4 is 9.47 Å². The predicted molar refractivity (Wildman–Crippen MR) is 74.7 cm³/mol. The molecule has 1 heterocycles. The second-order valence-electron chi connectivity index (χ2n) is 5.62. The Bertz CT molecular complexity index is 431. The fourth-order valence-electron chi connectivity index (χ4n) is 2.14. The summed E-state index contributed by atoms with van der Waals surface area (Å²) in [6.07, 6.45) is 0.758. The molecule has 0 saturated heterocycles. The highest BCUT2D eigenvalue weighted by Crippen LogP contribution is 2.31. The van der Waals surface area contributed by atoms with Crippen molar-refractivity contribution in [2.24, 2.45) is 0 Å². The number of ether oxygens (including phenoxy) is 2. The maximum atomic E-state index is 9.11.